The number of rotatable bonds is 8. The van der Waals surface area contributed by atoms with E-state index in [-0.39, 0.29) is 0 Å². The Bertz CT molecular complexity index is 978. The number of aryl methyl sites for hydroxylation is 1. The largest absolute Gasteiger partial charge is 0.534 e. The number of ether oxygens (including phenoxy) is 1. The van der Waals surface area contributed by atoms with Crippen LogP contribution in [-0.4, -0.2) is 49.0 Å². The van der Waals surface area contributed by atoms with Gasteiger partial charge >= 0.3 is 15.6 Å². The van der Waals surface area contributed by atoms with E-state index in [2.05, 4.69) is 19.1 Å². The van der Waals surface area contributed by atoms with Crippen LogP contribution in [0.1, 0.15) is 30.4 Å². The van der Waals surface area contributed by atoms with E-state index in [0.29, 0.717) is 30.2 Å². The van der Waals surface area contributed by atoms with Crippen molar-refractivity contribution < 1.29 is 30.5 Å². The highest BCUT2D eigenvalue weighted by molar-refractivity contribution is 7.87. The summed E-state index contributed by atoms with van der Waals surface area (Å²) in [5.74, 6) is 0.475. The van der Waals surface area contributed by atoms with E-state index >= 15 is 0 Å². The molecule has 0 aliphatic carbocycles. The predicted molar refractivity (Wildman–Crippen MR) is 107 cm³/mol. The zero-order valence-electron chi connectivity index (χ0n) is 17.0. The van der Waals surface area contributed by atoms with E-state index in [1.807, 2.05) is 12.1 Å². The molecule has 0 amide bonds. The summed E-state index contributed by atoms with van der Waals surface area (Å²) in [4.78, 5) is 10.2. The molecule has 170 valence electrons. The van der Waals surface area contributed by atoms with Gasteiger partial charge in [0.1, 0.15) is 0 Å². The standard InChI is InChI=1S/C20H24F3N3O4S/c1-29-18-17(5-3-10-24-18)14-26-12-8-15(9-13-26)6-7-16-4-2-11-25-19(16)30-31(27,28)20(21,22)23/h2-5,10-11,15H,6-9,12-14H2,1H3. The number of hydrogen-bond acceptors (Lipinski definition) is 7. The summed E-state index contributed by atoms with van der Waals surface area (Å²) in [5.41, 5.74) is -4.13. The molecule has 11 heteroatoms. The first-order valence-electron chi connectivity index (χ1n) is 9.84. The number of likely N-dealkylation sites (tertiary alicyclic amines) is 1. The predicted octanol–water partition coefficient (Wildman–Crippen LogP) is 3.56. The Hall–Kier alpha value is -2.40. The first kappa shape index (κ1) is 23.3. The number of halogens is 3. The molecule has 0 radical (unpaired) electrons. The molecule has 2 aromatic rings. The number of alkyl halides is 3. The van der Waals surface area contributed by atoms with Gasteiger partial charge in [-0.2, -0.15) is 21.6 Å². The third-order valence-corrected chi connectivity index (χ3v) is 6.23. The second-order valence-electron chi connectivity index (χ2n) is 7.38. The van der Waals surface area contributed by atoms with Gasteiger partial charge in [-0.15, -0.1) is 0 Å². The summed E-state index contributed by atoms with van der Waals surface area (Å²) in [6.07, 6.45) is 5.84. The lowest BCUT2D eigenvalue weighted by molar-refractivity contribution is -0.0501. The van der Waals surface area contributed by atoms with Crippen LogP contribution in [0, 0.1) is 5.92 Å². The topological polar surface area (TPSA) is 81.6 Å². The summed E-state index contributed by atoms with van der Waals surface area (Å²) < 4.78 is 70.0. The molecule has 0 spiro atoms. The molecule has 31 heavy (non-hydrogen) atoms. The maximum Gasteiger partial charge on any atom is 0.534 e. The van der Waals surface area contributed by atoms with Gasteiger partial charge in [0.05, 0.1) is 7.11 Å². The van der Waals surface area contributed by atoms with Crippen LogP contribution >= 0.6 is 0 Å². The van der Waals surface area contributed by atoms with Crippen molar-refractivity contribution in [1.82, 2.24) is 14.9 Å². The molecular weight excluding hydrogens is 435 g/mol. The third kappa shape index (κ3) is 6.07. The second-order valence-corrected chi connectivity index (χ2v) is 8.92. The number of piperidine rings is 1. The minimum atomic E-state index is -5.74. The van der Waals surface area contributed by atoms with Crippen molar-refractivity contribution in [2.24, 2.45) is 5.92 Å². The highest BCUT2D eigenvalue weighted by atomic mass is 32.2. The van der Waals surface area contributed by atoms with Gasteiger partial charge in [0, 0.05) is 30.1 Å². The summed E-state index contributed by atoms with van der Waals surface area (Å²) in [6.45, 7) is 2.49. The molecule has 7 nitrogen and oxygen atoms in total. The van der Waals surface area contributed by atoms with Gasteiger partial charge in [-0.3, -0.25) is 4.90 Å². The number of methoxy groups -OCH3 is 1. The normalized spacial score (nSPS) is 16.3. The Kier molecular flexibility index (Phi) is 7.37. The summed E-state index contributed by atoms with van der Waals surface area (Å²) in [6, 6.07) is 6.94. The fraction of sp³-hybridized carbons (Fsp3) is 0.500. The number of nitrogens with zero attached hydrogens (tertiary/aromatic N) is 3. The minimum absolute atomic E-state index is 0.345. The molecule has 0 atom stereocenters. The minimum Gasteiger partial charge on any atom is -0.481 e. The SMILES string of the molecule is COc1ncccc1CN1CCC(CCc2cccnc2OS(=O)(=O)C(F)(F)F)CC1. The van der Waals surface area contributed by atoms with Crippen LogP contribution in [-0.2, 0) is 23.1 Å². The highest BCUT2D eigenvalue weighted by Gasteiger charge is 2.49. The van der Waals surface area contributed by atoms with Gasteiger partial charge in [-0.05, 0) is 56.8 Å². The van der Waals surface area contributed by atoms with Gasteiger partial charge in [-0.25, -0.2) is 9.97 Å². The molecule has 1 fully saturated rings. The maximum atomic E-state index is 12.6. The Morgan fingerprint density at radius 3 is 2.29 bits per heavy atom. The number of aromatic nitrogens is 2. The van der Waals surface area contributed by atoms with Crippen molar-refractivity contribution in [3.05, 3.63) is 47.8 Å². The van der Waals surface area contributed by atoms with Gasteiger partial charge < -0.3 is 8.92 Å². The van der Waals surface area contributed by atoms with E-state index in [1.54, 1.807) is 19.4 Å². The summed E-state index contributed by atoms with van der Waals surface area (Å²) in [5, 5.41) is 0. The zero-order valence-corrected chi connectivity index (χ0v) is 17.8. The Morgan fingerprint density at radius 1 is 1.06 bits per heavy atom. The second kappa shape index (κ2) is 9.82. The average molecular weight is 459 g/mol. The van der Waals surface area contributed by atoms with Crippen LogP contribution in [0.25, 0.3) is 0 Å². The Morgan fingerprint density at radius 2 is 1.68 bits per heavy atom. The van der Waals surface area contributed by atoms with E-state index in [1.165, 1.54) is 12.3 Å². The lowest BCUT2D eigenvalue weighted by Gasteiger charge is -2.32. The van der Waals surface area contributed by atoms with Gasteiger partial charge in [0.15, 0.2) is 0 Å². The van der Waals surface area contributed by atoms with Crippen LogP contribution in [0.5, 0.6) is 11.8 Å². The van der Waals surface area contributed by atoms with Crippen LogP contribution in [0.4, 0.5) is 13.2 Å². The molecule has 0 saturated carbocycles. The van der Waals surface area contributed by atoms with E-state index in [4.69, 9.17) is 4.74 Å². The average Bonchev–Trinajstić information content (AvgIpc) is 2.73. The number of hydrogen-bond donors (Lipinski definition) is 0. The lowest BCUT2D eigenvalue weighted by Crippen LogP contribution is -2.33. The fourth-order valence-corrected chi connectivity index (χ4v) is 4.05. The molecule has 1 saturated heterocycles. The summed E-state index contributed by atoms with van der Waals surface area (Å²) in [7, 11) is -4.15. The van der Waals surface area contributed by atoms with Crippen LogP contribution < -0.4 is 8.92 Å². The molecule has 2 aromatic heterocycles. The van der Waals surface area contributed by atoms with Crippen molar-refractivity contribution >= 4 is 10.1 Å². The molecule has 0 unspecified atom stereocenters. The van der Waals surface area contributed by atoms with E-state index < -0.39 is 21.5 Å². The monoisotopic (exact) mass is 459 g/mol. The van der Waals surface area contributed by atoms with Crippen molar-refractivity contribution in [3.8, 4) is 11.8 Å². The molecule has 3 rings (SSSR count). The molecule has 1 aliphatic rings. The molecule has 0 bridgehead atoms. The van der Waals surface area contributed by atoms with Crippen molar-refractivity contribution in [2.45, 2.75) is 37.7 Å². The molecule has 1 aliphatic heterocycles. The van der Waals surface area contributed by atoms with Crippen molar-refractivity contribution in [1.29, 1.82) is 0 Å². The van der Waals surface area contributed by atoms with Gasteiger partial charge in [-0.1, -0.05) is 12.1 Å². The highest BCUT2D eigenvalue weighted by Crippen LogP contribution is 2.30. The van der Waals surface area contributed by atoms with Crippen LogP contribution in [0.2, 0.25) is 0 Å². The van der Waals surface area contributed by atoms with Crippen molar-refractivity contribution in [2.75, 3.05) is 20.2 Å². The molecule has 3 heterocycles. The third-order valence-electron chi connectivity index (χ3n) is 5.29. The molecular formula is C20H24F3N3O4S. The first-order chi connectivity index (χ1) is 14.7. The van der Waals surface area contributed by atoms with Gasteiger partial charge in [0.2, 0.25) is 11.8 Å². The maximum absolute atomic E-state index is 12.6. The van der Waals surface area contributed by atoms with Crippen LogP contribution in [0.3, 0.4) is 0 Å². The van der Waals surface area contributed by atoms with Gasteiger partial charge in [0.25, 0.3) is 0 Å². The summed E-state index contributed by atoms with van der Waals surface area (Å²) >= 11 is 0. The smallest absolute Gasteiger partial charge is 0.481 e. The molecule has 0 aromatic carbocycles. The van der Waals surface area contributed by atoms with E-state index in [0.717, 1.165) is 38.0 Å². The fourth-order valence-electron chi connectivity index (χ4n) is 3.60. The number of pyridine rings is 2. The van der Waals surface area contributed by atoms with Crippen molar-refractivity contribution in [3.63, 3.8) is 0 Å². The molecule has 0 N–H and O–H groups in total. The lowest BCUT2D eigenvalue weighted by atomic mass is 9.90. The quantitative estimate of drug-likeness (QED) is 0.441. The Balaban J connectivity index is 1.53. The first-order valence-corrected chi connectivity index (χ1v) is 11.3. The Labute approximate surface area is 179 Å². The van der Waals surface area contributed by atoms with Crippen LogP contribution in [0.15, 0.2) is 36.7 Å². The zero-order chi connectivity index (χ0) is 22.5. The van der Waals surface area contributed by atoms with E-state index in [9.17, 15) is 21.6 Å².